The van der Waals surface area contributed by atoms with Gasteiger partial charge >= 0.3 is 0 Å². The molecule has 17 heavy (non-hydrogen) atoms. The predicted molar refractivity (Wildman–Crippen MR) is 66.2 cm³/mol. The van der Waals surface area contributed by atoms with Gasteiger partial charge in [-0.2, -0.15) is 0 Å². The van der Waals surface area contributed by atoms with Crippen molar-refractivity contribution in [3.05, 3.63) is 28.3 Å². The van der Waals surface area contributed by atoms with Crippen LogP contribution in [0, 0.1) is 22.5 Å². The fourth-order valence-corrected chi connectivity index (χ4v) is 1.22. The summed E-state index contributed by atoms with van der Waals surface area (Å²) in [6, 6.07) is 4.43. The maximum absolute atomic E-state index is 10.7. The number of ether oxygens (including phenoxy) is 1. The van der Waals surface area contributed by atoms with Crippen LogP contribution in [0.15, 0.2) is 18.2 Å². The molecule has 90 valence electrons. The van der Waals surface area contributed by atoms with Gasteiger partial charge in [0, 0.05) is 24.9 Å². The molecule has 1 aromatic rings. The Balaban J connectivity index is 3.12. The Labute approximate surface area is 99.9 Å². The normalized spacial score (nSPS) is 10.5. The van der Waals surface area contributed by atoms with E-state index in [2.05, 4.69) is 11.2 Å². The largest absolute Gasteiger partial charge is 0.475 e. The van der Waals surface area contributed by atoms with Crippen molar-refractivity contribution in [2.24, 2.45) is 0 Å². The Morgan fingerprint density at radius 2 is 2.12 bits per heavy atom. The fraction of sp³-hybridized carbons (Fsp3) is 0.333. The molecular weight excluding hydrogens is 220 g/mol. The number of hydrogen-bond donors (Lipinski definition) is 1. The summed E-state index contributed by atoms with van der Waals surface area (Å²) in [6.45, 7) is 3.43. The van der Waals surface area contributed by atoms with E-state index in [1.807, 2.05) is 0 Å². The Hall–Kier alpha value is -2.22. The molecule has 0 aliphatic heterocycles. The van der Waals surface area contributed by atoms with Gasteiger partial charge in [0.2, 0.25) is 0 Å². The zero-order valence-corrected chi connectivity index (χ0v) is 9.98. The van der Waals surface area contributed by atoms with Gasteiger partial charge in [0.15, 0.2) is 5.60 Å². The lowest BCUT2D eigenvalue weighted by atomic mass is 10.1. The number of nitrogens with zero attached hydrogens (tertiary/aromatic N) is 1. The highest BCUT2D eigenvalue weighted by Crippen LogP contribution is 2.28. The van der Waals surface area contributed by atoms with Gasteiger partial charge in [-0.3, -0.25) is 10.1 Å². The topological polar surface area (TPSA) is 64.4 Å². The standard InChI is InChI=1S/C12H14N2O3/c1-5-12(2,3)17-11-7-9(13-4)6-10(8-11)14(15)16/h1,6-8,13H,2-4H3. The number of terminal acetylenes is 1. The van der Waals surface area contributed by atoms with E-state index in [1.54, 1.807) is 27.0 Å². The smallest absolute Gasteiger partial charge is 0.275 e. The number of hydrogen-bond acceptors (Lipinski definition) is 4. The van der Waals surface area contributed by atoms with Crippen LogP contribution in [0.3, 0.4) is 0 Å². The molecular formula is C12H14N2O3. The third-order valence-corrected chi connectivity index (χ3v) is 2.11. The average Bonchev–Trinajstić information content (AvgIpc) is 2.28. The van der Waals surface area contributed by atoms with Crippen LogP contribution in [0.4, 0.5) is 11.4 Å². The summed E-state index contributed by atoms with van der Waals surface area (Å²) in [6.07, 6.45) is 5.30. The number of nitrogens with one attached hydrogen (secondary N) is 1. The first kappa shape index (κ1) is 12.8. The van der Waals surface area contributed by atoms with E-state index in [0.717, 1.165) is 0 Å². The number of anilines is 1. The molecule has 1 rings (SSSR count). The van der Waals surface area contributed by atoms with Crippen molar-refractivity contribution >= 4 is 11.4 Å². The molecule has 0 aromatic heterocycles. The first-order chi connectivity index (χ1) is 7.88. The summed E-state index contributed by atoms with van der Waals surface area (Å²) in [4.78, 5) is 10.3. The summed E-state index contributed by atoms with van der Waals surface area (Å²) >= 11 is 0. The van der Waals surface area contributed by atoms with Crippen molar-refractivity contribution in [3.8, 4) is 18.1 Å². The van der Waals surface area contributed by atoms with E-state index in [-0.39, 0.29) is 5.69 Å². The summed E-state index contributed by atoms with van der Waals surface area (Å²) in [5.41, 5.74) is -0.248. The maximum Gasteiger partial charge on any atom is 0.275 e. The number of non-ortho nitro benzene ring substituents is 1. The van der Waals surface area contributed by atoms with Crippen LogP contribution in [0.1, 0.15) is 13.8 Å². The summed E-state index contributed by atoms with van der Waals surface area (Å²) in [5.74, 6) is 2.83. The van der Waals surface area contributed by atoms with Crippen LogP contribution in [0.2, 0.25) is 0 Å². The van der Waals surface area contributed by atoms with Crippen LogP contribution >= 0.6 is 0 Å². The molecule has 0 fully saturated rings. The first-order valence-electron chi connectivity index (χ1n) is 5.02. The highest BCUT2D eigenvalue weighted by Gasteiger charge is 2.18. The Morgan fingerprint density at radius 3 is 2.59 bits per heavy atom. The van der Waals surface area contributed by atoms with E-state index >= 15 is 0 Å². The molecule has 0 amide bonds. The molecule has 0 atom stereocenters. The minimum absolute atomic E-state index is 0.0420. The van der Waals surface area contributed by atoms with Gasteiger partial charge in [-0.15, -0.1) is 6.42 Å². The number of nitro benzene ring substituents is 1. The number of rotatable bonds is 4. The lowest BCUT2D eigenvalue weighted by molar-refractivity contribution is -0.384. The molecule has 0 saturated heterocycles. The van der Waals surface area contributed by atoms with Crippen molar-refractivity contribution in [1.82, 2.24) is 0 Å². The molecule has 5 heteroatoms. The predicted octanol–water partition coefficient (Wildman–Crippen LogP) is 2.43. The molecule has 0 unspecified atom stereocenters. The SMILES string of the molecule is C#CC(C)(C)Oc1cc(NC)cc([N+](=O)[O-])c1. The lowest BCUT2D eigenvalue weighted by Gasteiger charge is -2.20. The highest BCUT2D eigenvalue weighted by molar-refractivity contribution is 5.56. The quantitative estimate of drug-likeness (QED) is 0.493. The van der Waals surface area contributed by atoms with Crippen LogP contribution in [-0.4, -0.2) is 17.6 Å². The Morgan fingerprint density at radius 1 is 1.47 bits per heavy atom. The Bertz CT molecular complexity index is 475. The van der Waals surface area contributed by atoms with Crippen LogP contribution in [0.5, 0.6) is 5.75 Å². The second-order valence-electron chi connectivity index (χ2n) is 3.98. The maximum atomic E-state index is 10.7. The summed E-state index contributed by atoms with van der Waals surface area (Å²) in [5, 5.41) is 13.6. The van der Waals surface area contributed by atoms with E-state index in [4.69, 9.17) is 11.2 Å². The second kappa shape index (κ2) is 4.74. The fourth-order valence-electron chi connectivity index (χ4n) is 1.22. The molecule has 0 saturated carbocycles. The Kier molecular flexibility index (Phi) is 3.59. The van der Waals surface area contributed by atoms with Crippen molar-refractivity contribution in [2.45, 2.75) is 19.4 Å². The molecule has 0 radical (unpaired) electrons. The van der Waals surface area contributed by atoms with E-state index < -0.39 is 10.5 Å². The second-order valence-corrected chi connectivity index (χ2v) is 3.98. The van der Waals surface area contributed by atoms with E-state index in [9.17, 15) is 10.1 Å². The van der Waals surface area contributed by atoms with Crippen molar-refractivity contribution < 1.29 is 9.66 Å². The third-order valence-electron chi connectivity index (χ3n) is 2.11. The molecule has 1 N–H and O–H groups in total. The average molecular weight is 234 g/mol. The van der Waals surface area contributed by atoms with E-state index in [0.29, 0.717) is 11.4 Å². The van der Waals surface area contributed by atoms with Crippen LogP contribution in [0.25, 0.3) is 0 Å². The van der Waals surface area contributed by atoms with Crippen LogP contribution in [-0.2, 0) is 0 Å². The molecule has 0 heterocycles. The minimum atomic E-state index is -0.805. The van der Waals surface area contributed by atoms with Gasteiger partial charge in [-0.05, 0) is 13.8 Å². The van der Waals surface area contributed by atoms with Gasteiger partial charge in [0.1, 0.15) is 5.75 Å². The third kappa shape index (κ3) is 3.38. The van der Waals surface area contributed by atoms with E-state index in [1.165, 1.54) is 12.1 Å². The zero-order chi connectivity index (χ0) is 13.1. The number of nitro groups is 1. The molecule has 0 bridgehead atoms. The van der Waals surface area contributed by atoms with Gasteiger partial charge in [-0.1, -0.05) is 5.92 Å². The van der Waals surface area contributed by atoms with Crippen molar-refractivity contribution in [1.29, 1.82) is 0 Å². The molecule has 0 aliphatic rings. The summed E-state index contributed by atoms with van der Waals surface area (Å²) in [7, 11) is 1.68. The van der Waals surface area contributed by atoms with Gasteiger partial charge in [0.05, 0.1) is 11.0 Å². The van der Waals surface area contributed by atoms with Gasteiger partial charge in [0.25, 0.3) is 5.69 Å². The number of benzene rings is 1. The van der Waals surface area contributed by atoms with Crippen LogP contribution < -0.4 is 10.1 Å². The molecule has 5 nitrogen and oxygen atoms in total. The highest BCUT2D eigenvalue weighted by atomic mass is 16.6. The van der Waals surface area contributed by atoms with Crippen molar-refractivity contribution in [2.75, 3.05) is 12.4 Å². The lowest BCUT2D eigenvalue weighted by Crippen LogP contribution is -2.25. The molecule has 0 aliphatic carbocycles. The van der Waals surface area contributed by atoms with Crippen molar-refractivity contribution in [3.63, 3.8) is 0 Å². The minimum Gasteiger partial charge on any atom is -0.475 e. The first-order valence-corrected chi connectivity index (χ1v) is 5.02. The summed E-state index contributed by atoms with van der Waals surface area (Å²) < 4.78 is 5.50. The zero-order valence-electron chi connectivity index (χ0n) is 9.98. The van der Waals surface area contributed by atoms with Gasteiger partial charge < -0.3 is 10.1 Å². The molecule has 1 aromatic carbocycles. The monoisotopic (exact) mass is 234 g/mol. The van der Waals surface area contributed by atoms with Gasteiger partial charge in [-0.25, -0.2) is 0 Å². The molecule has 0 spiro atoms.